The average Bonchev–Trinajstić information content (AvgIpc) is 2.05. The van der Waals surface area contributed by atoms with Gasteiger partial charge in [0.2, 0.25) is 0 Å². The standard InChI is InChI=1S/C9H16O3/c1-8(2)4-5-9(6-10)12-7-11-3/h4,6,9H,5,7H2,1-3H3/t9-/m1/s1. The van der Waals surface area contributed by atoms with Crippen LogP contribution in [0.1, 0.15) is 20.3 Å². The molecular weight excluding hydrogens is 156 g/mol. The lowest BCUT2D eigenvalue weighted by atomic mass is 10.2. The van der Waals surface area contributed by atoms with Crippen molar-refractivity contribution in [3.05, 3.63) is 11.6 Å². The van der Waals surface area contributed by atoms with Gasteiger partial charge in [-0.15, -0.1) is 0 Å². The maximum Gasteiger partial charge on any atom is 0.149 e. The highest BCUT2D eigenvalue weighted by molar-refractivity contribution is 5.56. The molecule has 0 unspecified atom stereocenters. The molecule has 1 atom stereocenters. The number of methoxy groups -OCH3 is 1. The van der Waals surface area contributed by atoms with Gasteiger partial charge in [-0.3, -0.25) is 0 Å². The third-order valence-electron chi connectivity index (χ3n) is 1.31. The highest BCUT2D eigenvalue weighted by atomic mass is 16.7. The molecule has 0 rings (SSSR count). The molecule has 0 amide bonds. The van der Waals surface area contributed by atoms with Crippen molar-refractivity contribution in [3.8, 4) is 0 Å². The van der Waals surface area contributed by atoms with Crippen molar-refractivity contribution in [2.24, 2.45) is 0 Å². The second kappa shape index (κ2) is 7.00. The van der Waals surface area contributed by atoms with Crippen molar-refractivity contribution in [1.29, 1.82) is 0 Å². The van der Waals surface area contributed by atoms with Crippen molar-refractivity contribution >= 4 is 6.29 Å². The van der Waals surface area contributed by atoms with E-state index in [9.17, 15) is 4.79 Å². The van der Waals surface area contributed by atoms with Gasteiger partial charge < -0.3 is 14.3 Å². The topological polar surface area (TPSA) is 35.5 Å². The van der Waals surface area contributed by atoms with Gasteiger partial charge in [0.05, 0.1) is 0 Å². The molecule has 0 saturated carbocycles. The number of aldehydes is 1. The van der Waals surface area contributed by atoms with E-state index in [1.165, 1.54) is 12.7 Å². The Balaban J connectivity index is 3.67. The molecule has 0 heterocycles. The van der Waals surface area contributed by atoms with E-state index in [1.807, 2.05) is 19.9 Å². The first-order chi connectivity index (χ1) is 5.70. The van der Waals surface area contributed by atoms with E-state index in [1.54, 1.807) is 0 Å². The van der Waals surface area contributed by atoms with E-state index in [4.69, 9.17) is 4.74 Å². The molecule has 0 aromatic carbocycles. The van der Waals surface area contributed by atoms with Crippen molar-refractivity contribution in [2.75, 3.05) is 13.9 Å². The highest BCUT2D eigenvalue weighted by Crippen LogP contribution is 2.00. The van der Waals surface area contributed by atoms with E-state index >= 15 is 0 Å². The van der Waals surface area contributed by atoms with Gasteiger partial charge in [0.1, 0.15) is 19.2 Å². The predicted molar refractivity (Wildman–Crippen MR) is 46.9 cm³/mol. The molecule has 0 aliphatic rings. The fraction of sp³-hybridized carbons (Fsp3) is 0.667. The van der Waals surface area contributed by atoms with Crippen molar-refractivity contribution < 1.29 is 14.3 Å². The zero-order chi connectivity index (χ0) is 9.40. The summed E-state index contributed by atoms with van der Waals surface area (Å²) < 4.78 is 9.74. The normalized spacial score (nSPS) is 12.2. The van der Waals surface area contributed by atoms with Crippen LogP contribution in [0.3, 0.4) is 0 Å². The maximum absolute atomic E-state index is 10.4. The third kappa shape index (κ3) is 6.07. The van der Waals surface area contributed by atoms with Crippen LogP contribution in [0, 0.1) is 0 Å². The first-order valence-corrected chi connectivity index (χ1v) is 3.90. The van der Waals surface area contributed by atoms with Gasteiger partial charge in [-0.05, 0) is 20.3 Å². The van der Waals surface area contributed by atoms with Gasteiger partial charge in [-0.25, -0.2) is 0 Å². The van der Waals surface area contributed by atoms with Crippen LogP contribution < -0.4 is 0 Å². The predicted octanol–water partition coefficient (Wildman–Crippen LogP) is 1.53. The molecule has 0 saturated heterocycles. The second-order valence-electron chi connectivity index (χ2n) is 2.76. The Morgan fingerprint density at radius 3 is 2.58 bits per heavy atom. The minimum Gasteiger partial charge on any atom is -0.359 e. The summed E-state index contributed by atoms with van der Waals surface area (Å²) in [6, 6.07) is 0. The molecular formula is C9H16O3. The Labute approximate surface area is 73.4 Å². The van der Waals surface area contributed by atoms with E-state index < -0.39 is 0 Å². The van der Waals surface area contributed by atoms with Gasteiger partial charge >= 0.3 is 0 Å². The third-order valence-corrected chi connectivity index (χ3v) is 1.31. The summed E-state index contributed by atoms with van der Waals surface area (Å²) in [5.74, 6) is 0. The molecule has 0 fully saturated rings. The number of carbonyl (C=O) groups excluding carboxylic acids is 1. The molecule has 0 radical (unpaired) electrons. The van der Waals surface area contributed by atoms with Crippen LogP contribution in [0.4, 0.5) is 0 Å². The number of carbonyl (C=O) groups is 1. The van der Waals surface area contributed by atoms with Crippen LogP contribution in [0.15, 0.2) is 11.6 Å². The fourth-order valence-electron chi connectivity index (χ4n) is 0.670. The van der Waals surface area contributed by atoms with Gasteiger partial charge in [0.15, 0.2) is 0 Å². The smallest absolute Gasteiger partial charge is 0.149 e. The maximum atomic E-state index is 10.4. The molecule has 3 heteroatoms. The molecule has 0 aliphatic carbocycles. The number of rotatable bonds is 6. The molecule has 0 N–H and O–H groups in total. The van der Waals surface area contributed by atoms with Crippen LogP contribution in [0.5, 0.6) is 0 Å². The molecule has 0 bridgehead atoms. The van der Waals surface area contributed by atoms with Gasteiger partial charge in [-0.2, -0.15) is 0 Å². The molecule has 12 heavy (non-hydrogen) atoms. The Kier molecular flexibility index (Phi) is 6.61. The van der Waals surface area contributed by atoms with Crippen LogP contribution in [0.2, 0.25) is 0 Å². The largest absolute Gasteiger partial charge is 0.359 e. The zero-order valence-electron chi connectivity index (χ0n) is 7.87. The molecule has 0 spiro atoms. The lowest BCUT2D eigenvalue weighted by Crippen LogP contribution is -2.15. The molecule has 3 nitrogen and oxygen atoms in total. The van der Waals surface area contributed by atoms with Gasteiger partial charge in [-0.1, -0.05) is 11.6 Å². The van der Waals surface area contributed by atoms with Crippen LogP contribution in [-0.2, 0) is 14.3 Å². The summed E-state index contributed by atoms with van der Waals surface area (Å²) in [7, 11) is 1.53. The molecule has 0 aliphatic heterocycles. The monoisotopic (exact) mass is 172 g/mol. The Bertz CT molecular complexity index is 148. The Hall–Kier alpha value is -0.670. The quantitative estimate of drug-likeness (QED) is 0.346. The zero-order valence-corrected chi connectivity index (χ0v) is 7.87. The number of hydrogen-bond acceptors (Lipinski definition) is 3. The summed E-state index contributed by atoms with van der Waals surface area (Å²) in [6.45, 7) is 4.14. The highest BCUT2D eigenvalue weighted by Gasteiger charge is 2.03. The summed E-state index contributed by atoms with van der Waals surface area (Å²) in [6.07, 6.45) is 3.00. The van der Waals surface area contributed by atoms with Crippen molar-refractivity contribution in [1.82, 2.24) is 0 Å². The molecule has 0 aromatic heterocycles. The minimum absolute atomic E-state index is 0.167. The van der Waals surface area contributed by atoms with E-state index in [0.29, 0.717) is 6.42 Å². The number of allylic oxidation sites excluding steroid dienone is 1. The van der Waals surface area contributed by atoms with Gasteiger partial charge in [0.25, 0.3) is 0 Å². The van der Waals surface area contributed by atoms with E-state index in [-0.39, 0.29) is 12.9 Å². The second-order valence-corrected chi connectivity index (χ2v) is 2.76. The van der Waals surface area contributed by atoms with Crippen LogP contribution >= 0.6 is 0 Å². The fourth-order valence-corrected chi connectivity index (χ4v) is 0.670. The van der Waals surface area contributed by atoms with Crippen molar-refractivity contribution in [2.45, 2.75) is 26.4 Å². The lowest BCUT2D eigenvalue weighted by molar-refractivity contribution is -0.127. The molecule has 70 valence electrons. The Morgan fingerprint density at radius 2 is 2.17 bits per heavy atom. The average molecular weight is 172 g/mol. The van der Waals surface area contributed by atoms with Crippen molar-refractivity contribution in [3.63, 3.8) is 0 Å². The first-order valence-electron chi connectivity index (χ1n) is 3.90. The summed E-state index contributed by atoms with van der Waals surface area (Å²) >= 11 is 0. The number of hydrogen-bond donors (Lipinski definition) is 0. The molecule has 0 aromatic rings. The minimum atomic E-state index is -0.375. The first kappa shape index (κ1) is 11.3. The SMILES string of the molecule is COCO[C@@H](C=O)CC=C(C)C. The van der Waals surface area contributed by atoms with Crippen LogP contribution in [0.25, 0.3) is 0 Å². The summed E-state index contributed by atoms with van der Waals surface area (Å²) in [5.41, 5.74) is 1.18. The Morgan fingerprint density at radius 1 is 1.50 bits per heavy atom. The van der Waals surface area contributed by atoms with Crippen LogP contribution in [-0.4, -0.2) is 26.3 Å². The van der Waals surface area contributed by atoms with E-state index in [0.717, 1.165) is 6.29 Å². The van der Waals surface area contributed by atoms with Gasteiger partial charge in [0, 0.05) is 7.11 Å². The van der Waals surface area contributed by atoms with E-state index in [2.05, 4.69) is 4.74 Å². The number of ether oxygens (including phenoxy) is 2. The summed E-state index contributed by atoms with van der Waals surface area (Å²) in [4.78, 5) is 10.4. The lowest BCUT2D eigenvalue weighted by Gasteiger charge is -2.08. The summed E-state index contributed by atoms with van der Waals surface area (Å²) in [5, 5.41) is 0.